The van der Waals surface area contributed by atoms with Crippen LogP contribution in [0.15, 0.2) is 227 Å². The van der Waals surface area contributed by atoms with Crippen molar-refractivity contribution in [3.05, 3.63) is 302 Å². The normalized spacial score (nSPS) is 12.7. The Bertz CT molecular complexity index is 6410. The first kappa shape index (κ1) is 116. The van der Waals surface area contributed by atoms with Gasteiger partial charge in [0, 0.05) is 94.5 Å². The van der Waals surface area contributed by atoms with Gasteiger partial charge in [-0.05, 0) is 267 Å². The summed E-state index contributed by atoms with van der Waals surface area (Å²) in [6.45, 7) is 27.3. The van der Waals surface area contributed by atoms with Gasteiger partial charge in [-0.1, -0.05) is 161 Å². The predicted octanol–water partition coefficient (Wildman–Crippen LogP) is 23.2. The van der Waals surface area contributed by atoms with Crippen molar-refractivity contribution in [1.29, 1.82) is 0 Å². The summed E-state index contributed by atoms with van der Waals surface area (Å²) in [5.41, 5.74) is 15.7. The van der Waals surface area contributed by atoms with E-state index < -0.39 is 17.2 Å². The first-order chi connectivity index (χ1) is 67.2. The quantitative estimate of drug-likeness (QED) is 0.0178. The Morgan fingerprint density at radius 1 is 0.443 bits per heavy atom. The molecule has 16 rings (SSSR count). The molecule has 0 aliphatic carbocycles. The molecule has 2 atom stereocenters. The van der Waals surface area contributed by atoms with Gasteiger partial charge in [0.15, 0.2) is 6.61 Å². The van der Waals surface area contributed by atoms with E-state index in [2.05, 4.69) is 53.7 Å². The minimum atomic E-state index is -1.10. The van der Waals surface area contributed by atoms with E-state index in [-0.39, 0.29) is 74.2 Å². The third-order valence-electron chi connectivity index (χ3n) is 20.3. The molecule has 746 valence electrons. The van der Waals surface area contributed by atoms with E-state index in [9.17, 15) is 38.4 Å². The zero-order chi connectivity index (χ0) is 102. The van der Waals surface area contributed by atoms with E-state index in [1.807, 2.05) is 139 Å². The number of para-hydroxylation sites is 8. The number of carboxylic acids is 2. The molecule has 3 aliphatic heterocycles. The first-order valence-corrected chi connectivity index (χ1v) is 49.2. The molecular weight excluding hydrogens is 2020 g/mol. The zero-order valence-corrected chi connectivity index (χ0v) is 86.6. The van der Waals surface area contributed by atoms with Gasteiger partial charge in [-0.3, -0.25) is 47.4 Å². The van der Waals surface area contributed by atoms with Gasteiger partial charge < -0.3 is 66.1 Å². The number of aromatic carboxylic acids is 2. The fourth-order valence-corrected chi connectivity index (χ4v) is 14.9. The monoisotopic (exact) mass is 2130 g/mol. The van der Waals surface area contributed by atoms with Crippen molar-refractivity contribution < 1.29 is 62.6 Å². The SMILES string of the molecule is C1CCNCC1.C1CCOC1.CCC(=O)Cl.CCC(=O)Nc1cc(Cl)ccc1C(=O)O.CCOc1ccccc1-n1c(C(C)Br)nc2cc(Cl)ccc2c1=O.CCOc1ccccc1-n1c(C(C)N2CCNCC2)nc2cc(Cl)ccc2c1=O.CCOc1ccccc1-n1c(CC)nc2cc(Cl)ccc2c1=O.CCOc1ccccc1N.Nc1cc(Cl)ccc1C(=O)O.O=C(Cl)COc1ccc(Cl)cc1. The van der Waals surface area contributed by atoms with Crippen LogP contribution in [0.25, 0.3) is 49.8 Å². The Hall–Kier alpha value is -11.4. The van der Waals surface area contributed by atoms with Crippen LogP contribution in [-0.2, 0) is 25.5 Å². The highest BCUT2D eigenvalue weighted by atomic mass is 79.9. The molecule has 10 aromatic carbocycles. The molecule has 0 bridgehead atoms. The minimum Gasteiger partial charge on any atom is -0.492 e. The van der Waals surface area contributed by atoms with E-state index in [0.717, 1.165) is 45.1 Å². The van der Waals surface area contributed by atoms with Crippen molar-refractivity contribution in [1.82, 2.24) is 44.2 Å². The lowest BCUT2D eigenvalue weighted by atomic mass is 10.1. The maximum atomic E-state index is 13.6. The number of nitrogens with zero attached hydrogens (tertiary/aromatic N) is 7. The number of nitrogens with two attached hydrogens (primary N) is 2. The number of aromatic nitrogens is 6. The van der Waals surface area contributed by atoms with Crippen LogP contribution >= 0.6 is 109 Å². The third kappa shape index (κ3) is 36.6. The average Bonchev–Trinajstić information content (AvgIpc) is 1.13. The fraction of sp³-hybridized carbons (Fsp3) is 0.311. The summed E-state index contributed by atoms with van der Waals surface area (Å²) in [6.07, 6.45) is 8.11. The highest BCUT2D eigenvalue weighted by Gasteiger charge is 2.27. The summed E-state index contributed by atoms with van der Waals surface area (Å²) < 4.78 is 37.2. The van der Waals surface area contributed by atoms with Crippen molar-refractivity contribution in [2.75, 3.05) is 102 Å². The molecule has 1 amide bonds. The van der Waals surface area contributed by atoms with Crippen LogP contribution < -0.4 is 67.8 Å². The number of nitrogen functional groups attached to an aromatic ring is 2. The maximum absolute atomic E-state index is 13.6. The van der Waals surface area contributed by atoms with Crippen LogP contribution in [0.1, 0.15) is 156 Å². The summed E-state index contributed by atoms with van der Waals surface area (Å²) >= 11 is 48.6. The Kier molecular flexibility index (Phi) is 50.6. The van der Waals surface area contributed by atoms with E-state index in [1.54, 1.807) is 106 Å². The van der Waals surface area contributed by atoms with Crippen LogP contribution in [0.3, 0.4) is 0 Å². The molecule has 6 heterocycles. The van der Waals surface area contributed by atoms with E-state index >= 15 is 0 Å². The average molecular weight is 2140 g/mol. The van der Waals surface area contributed by atoms with Gasteiger partial charge in [-0.15, -0.1) is 0 Å². The van der Waals surface area contributed by atoms with Crippen LogP contribution in [-0.4, -0.2) is 158 Å². The third-order valence-corrected chi connectivity index (χ3v) is 22.5. The van der Waals surface area contributed by atoms with Crippen LogP contribution in [0.5, 0.6) is 28.7 Å². The number of carbonyl (C=O) groups excluding carboxylic acids is 3. The van der Waals surface area contributed by atoms with Gasteiger partial charge >= 0.3 is 11.9 Å². The van der Waals surface area contributed by atoms with Gasteiger partial charge in [0.2, 0.25) is 11.1 Å². The van der Waals surface area contributed by atoms with Crippen LogP contribution in [0.4, 0.5) is 17.1 Å². The number of halogens is 9. The molecule has 2 unspecified atom stereocenters. The molecular formula is C103H115BrCl8N12O16. The number of fused-ring (bicyclic) bond motifs is 3. The number of anilines is 3. The standard InChI is InChI=1S/C22H25ClN4O2.C18H16BrClN2O2.C18H17ClN2O2.C10H10ClNO3.C8H6Cl2O2.C8H11NO.C7H6ClNO2.C5H11N.C4H8O.C3H5ClO/c1-3-29-20-7-5-4-6-19(20)27-21(15(2)26-12-10-24-11-13-26)25-18-14-16(23)8-9-17(18)22(27)28;1-3-24-16-7-5-4-6-15(16)22-17(11(2)19)21-14-10-12(20)8-9-13(14)18(22)23;1-3-17-20-14-11-12(19)9-10-13(14)18(22)21(17)15-7-5-6-8-16(15)23-4-2;1-2-9(13)12-8-5-6(11)3-4-7(8)10(14)15;9-6-1-3-7(4-2-6)12-5-8(10)11;1-2-10-8-6-4-3-5-7(8)9;8-4-1-2-5(7(10)11)6(9)3-4;1-2-4-6-5-3-1;1-2-4-5-3-1;1-2-3(4)5/h4-9,14-15,24H,3,10-13H2,1-2H3;4-11H,3H2,1-2H3;5-11H,3-4H2,1-2H3;3-5H,2H2,1H3,(H,12,13)(H,14,15);1-4H,5H2;3-6H,2,9H2,1H3;1-3H,9H2,(H,10,11);6H,1-5H2;1-4H2;2H2,1H3. The molecule has 3 saturated heterocycles. The molecule has 0 spiro atoms. The lowest BCUT2D eigenvalue weighted by molar-refractivity contribution is -0.116. The Labute approximate surface area is 861 Å². The molecule has 37 heteroatoms. The predicted molar refractivity (Wildman–Crippen MR) is 568 cm³/mol. The molecule has 3 aliphatic rings. The van der Waals surface area contributed by atoms with Crippen molar-refractivity contribution in [2.24, 2.45) is 0 Å². The number of ether oxygens (including phenoxy) is 6. The second kappa shape index (κ2) is 61.3. The van der Waals surface area contributed by atoms with E-state index in [4.69, 9.17) is 148 Å². The van der Waals surface area contributed by atoms with Crippen LogP contribution in [0, 0.1) is 0 Å². The van der Waals surface area contributed by atoms with E-state index in [1.165, 1.54) is 81.6 Å². The lowest BCUT2D eigenvalue weighted by Crippen LogP contribution is -2.45. The number of amides is 1. The number of hydrogen-bond donors (Lipinski definition) is 7. The van der Waals surface area contributed by atoms with Crippen molar-refractivity contribution in [3.63, 3.8) is 0 Å². The number of rotatable bonds is 23. The van der Waals surface area contributed by atoms with Gasteiger partial charge in [-0.2, -0.15) is 0 Å². The van der Waals surface area contributed by atoms with Gasteiger partial charge in [-0.25, -0.2) is 24.5 Å². The van der Waals surface area contributed by atoms with Gasteiger partial charge in [0.1, 0.15) is 46.2 Å². The number of hydrogen-bond acceptors (Lipinski definition) is 22. The maximum Gasteiger partial charge on any atom is 0.337 e. The number of piperidine rings is 1. The zero-order valence-electron chi connectivity index (χ0n) is 79.0. The number of piperazine rings is 1. The first-order valence-electron chi connectivity index (χ1n) is 45.3. The second-order valence-electron chi connectivity index (χ2n) is 30.3. The van der Waals surface area contributed by atoms with Crippen molar-refractivity contribution in [3.8, 4) is 45.8 Å². The highest BCUT2D eigenvalue weighted by molar-refractivity contribution is 9.09. The Balaban J connectivity index is 0.000000221. The highest BCUT2D eigenvalue weighted by Crippen LogP contribution is 2.33. The summed E-state index contributed by atoms with van der Waals surface area (Å²) in [5.74, 6) is 2.91. The summed E-state index contributed by atoms with van der Waals surface area (Å²) in [4.78, 5) is 108. The summed E-state index contributed by atoms with van der Waals surface area (Å²) in [5, 5.41) is 30.4. The molecule has 140 heavy (non-hydrogen) atoms. The number of carbonyl (C=O) groups is 5. The second-order valence-corrected chi connectivity index (χ2v) is 35.2. The molecule has 3 fully saturated rings. The van der Waals surface area contributed by atoms with Gasteiger partial charge in [0.25, 0.3) is 21.9 Å². The number of benzene rings is 10. The molecule has 3 aromatic heterocycles. The topological polar surface area (TPSA) is 377 Å². The van der Waals surface area contributed by atoms with Crippen molar-refractivity contribution >= 4 is 187 Å². The number of carboxylic acid groups (broad SMARTS) is 2. The summed E-state index contributed by atoms with van der Waals surface area (Å²) in [7, 11) is 0. The molecule has 28 nitrogen and oxygen atoms in total. The summed E-state index contributed by atoms with van der Waals surface area (Å²) in [6, 6.07) is 60.7. The number of nitrogens with one attached hydrogen (secondary N) is 3. The largest absolute Gasteiger partial charge is 0.492 e. The molecule has 9 N–H and O–H groups in total. The Morgan fingerprint density at radius 2 is 0.836 bits per heavy atom. The van der Waals surface area contributed by atoms with Crippen LogP contribution in [0.2, 0.25) is 30.1 Å². The lowest BCUT2D eigenvalue weighted by Gasteiger charge is -2.33. The fourth-order valence-electron chi connectivity index (χ4n) is 13.6. The minimum absolute atomic E-state index is 0.0289. The number of aryl methyl sites for hydroxylation is 1. The van der Waals surface area contributed by atoms with Crippen molar-refractivity contribution in [2.45, 2.75) is 125 Å². The molecule has 13 aromatic rings. The molecule has 0 radical (unpaired) electrons. The smallest absolute Gasteiger partial charge is 0.337 e. The van der Waals surface area contributed by atoms with E-state index in [0.29, 0.717) is 165 Å². The number of alkyl halides is 1. The Morgan fingerprint density at radius 3 is 1.24 bits per heavy atom. The van der Waals surface area contributed by atoms with Gasteiger partial charge in [0.05, 0.1) is 110 Å². The molecule has 0 saturated carbocycles.